The van der Waals surface area contributed by atoms with Gasteiger partial charge in [0.1, 0.15) is 0 Å². The van der Waals surface area contributed by atoms with E-state index in [1.54, 1.807) is 11.0 Å². The van der Waals surface area contributed by atoms with Crippen molar-refractivity contribution < 1.29 is 14.7 Å². The molecule has 1 aromatic rings. The molecule has 116 valence electrons. The average molecular weight is 330 g/mol. The van der Waals surface area contributed by atoms with E-state index in [9.17, 15) is 9.59 Å². The van der Waals surface area contributed by atoms with Gasteiger partial charge in [-0.25, -0.2) is 0 Å². The Labute approximate surface area is 134 Å². The van der Waals surface area contributed by atoms with Gasteiger partial charge in [-0.2, -0.15) is 0 Å². The van der Waals surface area contributed by atoms with Crippen LogP contribution in [0.25, 0.3) is 0 Å². The van der Waals surface area contributed by atoms with Gasteiger partial charge in [-0.05, 0) is 32.4 Å². The zero-order chi connectivity index (χ0) is 15.8. The van der Waals surface area contributed by atoms with Gasteiger partial charge >= 0.3 is 5.97 Å². The summed E-state index contributed by atoms with van der Waals surface area (Å²) >= 11 is 7.46. The van der Waals surface area contributed by atoms with Gasteiger partial charge in [0.25, 0.3) is 0 Å². The zero-order valence-electron chi connectivity index (χ0n) is 12.2. The fourth-order valence-corrected chi connectivity index (χ4v) is 2.98. The number of hydrogen-bond donors (Lipinski definition) is 1. The molecule has 0 fully saturated rings. The maximum atomic E-state index is 12.3. The standard InChI is InChI=1S/C15H20ClNO3S/c1-11(2)17(9-5-8-15(19)20)14(18)10-21-13-7-4-3-6-12(13)16/h3-4,6-7,11H,5,8-10H2,1-2H3,(H,19,20). The molecule has 4 nitrogen and oxygen atoms in total. The molecular formula is C15H20ClNO3S. The molecule has 21 heavy (non-hydrogen) atoms. The fraction of sp³-hybridized carbons (Fsp3) is 0.467. The van der Waals surface area contributed by atoms with E-state index in [2.05, 4.69) is 0 Å². The Morgan fingerprint density at radius 2 is 2.00 bits per heavy atom. The first-order valence-electron chi connectivity index (χ1n) is 6.80. The second-order valence-corrected chi connectivity index (χ2v) is 6.32. The highest BCUT2D eigenvalue weighted by molar-refractivity contribution is 8.00. The van der Waals surface area contributed by atoms with Gasteiger partial charge in [-0.15, -0.1) is 11.8 Å². The van der Waals surface area contributed by atoms with Crippen molar-refractivity contribution in [1.82, 2.24) is 4.90 Å². The summed E-state index contributed by atoms with van der Waals surface area (Å²) in [6.45, 7) is 4.32. The number of carbonyl (C=O) groups is 2. The Kier molecular flexibility index (Phi) is 7.61. The van der Waals surface area contributed by atoms with E-state index in [1.165, 1.54) is 11.8 Å². The van der Waals surface area contributed by atoms with Crippen molar-refractivity contribution in [1.29, 1.82) is 0 Å². The van der Waals surface area contributed by atoms with Gasteiger partial charge < -0.3 is 10.0 Å². The molecule has 0 unspecified atom stereocenters. The minimum atomic E-state index is -0.836. The SMILES string of the molecule is CC(C)N(CCCC(=O)O)C(=O)CSc1ccccc1Cl. The lowest BCUT2D eigenvalue weighted by atomic mass is 10.2. The maximum Gasteiger partial charge on any atom is 0.303 e. The lowest BCUT2D eigenvalue weighted by Crippen LogP contribution is -2.39. The lowest BCUT2D eigenvalue weighted by molar-refractivity contribution is -0.138. The summed E-state index contributed by atoms with van der Waals surface area (Å²) in [6, 6.07) is 7.45. The van der Waals surface area contributed by atoms with Crippen molar-refractivity contribution in [3.8, 4) is 0 Å². The van der Waals surface area contributed by atoms with Gasteiger partial charge in [-0.1, -0.05) is 23.7 Å². The predicted octanol–water partition coefficient (Wildman–Crippen LogP) is 3.53. The van der Waals surface area contributed by atoms with Gasteiger partial charge in [0.15, 0.2) is 0 Å². The first kappa shape index (κ1) is 17.9. The third kappa shape index (κ3) is 6.40. The van der Waals surface area contributed by atoms with Crippen LogP contribution >= 0.6 is 23.4 Å². The van der Waals surface area contributed by atoms with Crippen LogP contribution in [0.2, 0.25) is 5.02 Å². The smallest absolute Gasteiger partial charge is 0.303 e. The van der Waals surface area contributed by atoms with Crippen LogP contribution in [0.3, 0.4) is 0 Å². The molecule has 1 amide bonds. The first-order valence-corrected chi connectivity index (χ1v) is 8.16. The number of benzene rings is 1. The van der Waals surface area contributed by atoms with Crippen molar-refractivity contribution in [3.05, 3.63) is 29.3 Å². The summed E-state index contributed by atoms with van der Waals surface area (Å²) < 4.78 is 0. The van der Waals surface area contributed by atoms with Crippen molar-refractivity contribution >= 4 is 35.2 Å². The monoisotopic (exact) mass is 329 g/mol. The Morgan fingerprint density at radius 3 is 2.57 bits per heavy atom. The largest absolute Gasteiger partial charge is 0.481 e. The summed E-state index contributed by atoms with van der Waals surface area (Å²) in [6.07, 6.45) is 0.546. The number of hydrogen-bond acceptors (Lipinski definition) is 3. The van der Waals surface area contributed by atoms with Gasteiger partial charge in [0.2, 0.25) is 5.91 Å². The highest BCUT2D eigenvalue weighted by Crippen LogP contribution is 2.26. The Balaban J connectivity index is 2.53. The van der Waals surface area contributed by atoms with Crippen molar-refractivity contribution in [2.45, 2.75) is 37.6 Å². The van der Waals surface area contributed by atoms with Crippen LogP contribution in [0.4, 0.5) is 0 Å². The van der Waals surface area contributed by atoms with Crippen LogP contribution in [-0.2, 0) is 9.59 Å². The molecule has 0 bridgehead atoms. The summed E-state index contributed by atoms with van der Waals surface area (Å²) in [7, 11) is 0. The topological polar surface area (TPSA) is 57.6 Å². The van der Waals surface area contributed by atoms with Crippen LogP contribution in [0.15, 0.2) is 29.2 Å². The van der Waals surface area contributed by atoms with Crippen LogP contribution in [-0.4, -0.2) is 40.2 Å². The molecule has 0 radical (unpaired) electrons. The predicted molar refractivity (Wildman–Crippen MR) is 85.9 cm³/mol. The van der Waals surface area contributed by atoms with E-state index < -0.39 is 5.97 Å². The molecule has 0 aliphatic carbocycles. The molecule has 0 spiro atoms. The third-order valence-corrected chi connectivity index (χ3v) is 4.42. The van der Waals surface area contributed by atoms with Crippen molar-refractivity contribution in [2.24, 2.45) is 0 Å². The molecule has 1 N–H and O–H groups in total. The number of aliphatic carboxylic acids is 1. The summed E-state index contributed by atoms with van der Waals surface area (Å²) in [5.41, 5.74) is 0. The Hall–Kier alpha value is -1.20. The number of carboxylic acid groups (broad SMARTS) is 1. The summed E-state index contributed by atoms with van der Waals surface area (Å²) in [4.78, 5) is 25.4. The molecule has 0 aliphatic rings. The van der Waals surface area contributed by atoms with E-state index >= 15 is 0 Å². The van der Waals surface area contributed by atoms with E-state index in [4.69, 9.17) is 16.7 Å². The molecule has 0 saturated carbocycles. The first-order chi connectivity index (χ1) is 9.91. The number of halogens is 1. The Bertz CT molecular complexity index is 494. The number of nitrogens with zero attached hydrogens (tertiary/aromatic N) is 1. The van der Waals surface area contributed by atoms with Crippen LogP contribution < -0.4 is 0 Å². The molecular weight excluding hydrogens is 310 g/mol. The fourth-order valence-electron chi connectivity index (χ4n) is 1.86. The summed E-state index contributed by atoms with van der Waals surface area (Å²) in [5, 5.41) is 9.30. The second-order valence-electron chi connectivity index (χ2n) is 4.90. The number of carbonyl (C=O) groups excluding carboxylic acids is 1. The molecule has 0 aromatic heterocycles. The quantitative estimate of drug-likeness (QED) is 0.741. The normalized spacial score (nSPS) is 10.7. The number of carboxylic acids is 1. The maximum absolute atomic E-state index is 12.3. The van der Waals surface area contributed by atoms with Crippen LogP contribution in [0.1, 0.15) is 26.7 Å². The van der Waals surface area contributed by atoms with Crippen LogP contribution in [0, 0.1) is 0 Å². The van der Waals surface area contributed by atoms with Crippen LogP contribution in [0.5, 0.6) is 0 Å². The summed E-state index contributed by atoms with van der Waals surface area (Å²) in [5.74, 6) is -0.536. The third-order valence-electron chi connectivity index (χ3n) is 2.92. The molecule has 0 aliphatic heterocycles. The number of thioether (sulfide) groups is 1. The van der Waals surface area contributed by atoms with Crippen molar-refractivity contribution in [3.63, 3.8) is 0 Å². The van der Waals surface area contributed by atoms with E-state index in [-0.39, 0.29) is 18.4 Å². The Morgan fingerprint density at radius 1 is 1.33 bits per heavy atom. The van der Waals surface area contributed by atoms with Gasteiger partial charge in [0, 0.05) is 23.9 Å². The van der Waals surface area contributed by atoms with Crippen molar-refractivity contribution in [2.75, 3.05) is 12.3 Å². The molecule has 0 saturated heterocycles. The second kappa shape index (κ2) is 8.95. The molecule has 1 aromatic carbocycles. The van der Waals surface area contributed by atoms with E-state index in [0.29, 0.717) is 23.7 Å². The lowest BCUT2D eigenvalue weighted by Gasteiger charge is -2.26. The molecule has 6 heteroatoms. The highest BCUT2D eigenvalue weighted by atomic mass is 35.5. The molecule has 0 atom stereocenters. The highest BCUT2D eigenvalue weighted by Gasteiger charge is 2.17. The van der Waals surface area contributed by atoms with E-state index in [0.717, 1.165) is 4.90 Å². The minimum Gasteiger partial charge on any atom is -0.481 e. The molecule has 1 rings (SSSR count). The van der Waals surface area contributed by atoms with E-state index in [1.807, 2.05) is 32.0 Å². The number of amides is 1. The number of rotatable bonds is 8. The van der Waals surface area contributed by atoms with Gasteiger partial charge in [0.05, 0.1) is 10.8 Å². The average Bonchev–Trinajstić information content (AvgIpc) is 2.41. The zero-order valence-corrected chi connectivity index (χ0v) is 13.8. The minimum absolute atomic E-state index is 0.000286. The molecule has 0 heterocycles. The van der Waals surface area contributed by atoms with Gasteiger partial charge in [-0.3, -0.25) is 9.59 Å².